The molecule has 2 amide bonds. The van der Waals surface area contributed by atoms with Crippen LogP contribution < -0.4 is 20.3 Å². The van der Waals surface area contributed by atoms with Gasteiger partial charge in [-0.15, -0.1) is 0 Å². The number of aromatic amines is 1. The summed E-state index contributed by atoms with van der Waals surface area (Å²) in [7, 11) is 3.21. The van der Waals surface area contributed by atoms with Crippen LogP contribution in [0.4, 0.5) is 10.5 Å². The molecular weight excluding hydrogens is 396 g/mol. The number of ether oxygens (including phenoxy) is 2. The number of amides is 2. The number of anilines is 1. The van der Waals surface area contributed by atoms with E-state index >= 15 is 0 Å². The molecule has 0 unspecified atom stereocenters. The van der Waals surface area contributed by atoms with E-state index in [9.17, 15) is 9.59 Å². The maximum Gasteiger partial charge on any atom is 0.322 e. The first kappa shape index (κ1) is 20.5. The number of H-pyrrole nitrogens is 1. The van der Waals surface area contributed by atoms with Crippen LogP contribution in [0.15, 0.2) is 53.3 Å². The third-order valence-corrected chi connectivity index (χ3v) is 5.25. The van der Waals surface area contributed by atoms with E-state index in [1.807, 2.05) is 24.3 Å². The van der Waals surface area contributed by atoms with Crippen LogP contribution in [0.2, 0.25) is 0 Å². The average molecular weight is 420 g/mol. The van der Waals surface area contributed by atoms with Crippen molar-refractivity contribution in [2.75, 3.05) is 26.1 Å². The van der Waals surface area contributed by atoms with Crippen LogP contribution in [0.3, 0.4) is 0 Å². The second kappa shape index (κ2) is 8.91. The Balaban J connectivity index is 1.46. The summed E-state index contributed by atoms with van der Waals surface area (Å²) in [6.07, 6.45) is 1.03. The van der Waals surface area contributed by atoms with Gasteiger partial charge in [0.05, 0.1) is 32.0 Å². The lowest BCUT2D eigenvalue weighted by atomic mass is 10.1. The number of hydrogen-bond donors (Lipinski definition) is 2. The van der Waals surface area contributed by atoms with Crippen molar-refractivity contribution < 1.29 is 14.3 Å². The predicted octanol–water partition coefficient (Wildman–Crippen LogP) is 2.97. The first-order valence-electron chi connectivity index (χ1n) is 9.99. The lowest BCUT2D eigenvalue weighted by Crippen LogP contribution is -2.42. The molecule has 2 N–H and O–H groups in total. The molecule has 0 saturated heterocycles. The average Bonchev–Trinajstić information content (AvgIpc) is 2.79. The molecule has 2 aromatic carbocycles. The number of rotatable bonds is 5. The van der Waals surface area contributed by atoms with Crippen LogP contribution in [-0.4, -0.2) is 41.7 Å². The summed E-state index contributed by atoms with van der Waals surface area (Å²) in [5.41, 5.74) is 2.74. The second-order valence-corrected chi connectivity index (χ2v) is 7.30. The predicted molar refractivity (Wildman–Crippen MR) is 117 cm³/mol. The molecule has 4 rings (SSSR count). The fourth-order valence-corrected chi connectivity index (χ4v) is 3.59. The number of fused-ring (bicyclic) bond motifs is 1. The fraction of sp³-hybridized carbons (Fsp3) is 0.261. The highest BCUT2D eigenvalue weighted by atomic mass is 16.5. The third-order valence-electron chi connectivity index (χ3n) is 5.25. The van der Waals surface area contributed by atoms with E-state index in [0.717, 1.165) is 17.0 Å². The van der Waals surface area contributed by atoms with Crippen molar-refractivity contribution in [3.63, 3.8) is 0 Å². The van der Waals surface area contributed by atoms with Gasteiger partial charge in [-0.1, -0.05) is 12.1 Å². The number of benzene rings is 2. The second-order valence-electron chi connectivity index (χ2n) is 7.30. The Morgan fingerprint density at radius 1 is 1.13 bits per heavy atom. The molecular formula is C23H24N4O4. The van der Waals surface area contributed by atoms with Gasteiger partial charge < -0.3 is 24.7 Å². The van der Waals surface area contributed by atoms with Crippen molar-refractivity contribution in [3.8, 4) is 11.5 Å². The zero-order valence-electron chi connectivity index (χ0n) is 17.5. The van der Waals surface area contributed by atoms with Gasteiger partial charge in [-0.2, -0.15) is 0 Å². The van der Waals surface area contributed by atoms with E-state index in [4.69, 9.17) is 9.47 Å². The highest BCUT2D eigenvalue weighted by Gasteiger charge is 2.24. The monoisotopic (exact) mass is 420 g/mol. The molecule has 1 aliphatic heterocycles. The van der Waals surface area contributed by atoms with Gasteiger partial charge >= 0.3 is 6.03 Å². The minimum atomic E-state index is -0.254. The molecule has 0 aliphatic carbocycles. The Kier molecular flexibility index (Phi) is 5.88. The van der Waals surface area contributed by atoms with E-state index in [0.29, 0.717) is 42.2 Å². The van der Waals surface area contributed by atoms with Gasteiger partial charge in [-0.25, -0.2) is 9.78 Å². The van der Waals surface area contributed by atoms with E-state index in [1.165, 1.54) is 0 Å². The number of nitrogens with zero attached hydrogens (tertiary/aromatic N) is 2. The zero-order chi connectivity index (χ0) is 21.8. The van der Waals surface area contributed by atoms with Crippen molar-refractivity contribution in [3.05, 3.63) is 81.5 Å². The molecule has 0 bridgehead atoms. The van der Waals surface area contributed by atoms with E-state index in [-0.39, 0.29) is 18.1 Å². The Hall–Kier alpha value is -3.81. The molecule has 0 spiro atoms. The molecule has 2 heterocycles. The first-order chi connectivity index (χ1) is 15.1. The number of aromatic nitrogens is 2. The van der Waals surface area contributed by atoms with Gasteiger partial charge in [-0.05, 0) is 42.0 Å². The van der Waals surface area contributed by atoms with E-state index in [2.05, 4.69) is 15.3 Å². The molecule has 0 saturated carbocycles. The Labute approximate surface area is 179 Å². The van der Waals surface area contributed by atoms with Crippen molar-refractivity contribution in [1.82, 2.24) is 14.9 Å². The molecule has 3 aromatic rings. The van der Waals surface area contributed by atoms with Crippen molar-refractivity contribution >= 4 is 11.7 Å². The maximum atomic E-state index is 12.7. The molecule has 160 valence electrons. The molecule has 8 nitrogen and oxygen atoms in total. The van der Waals surface area contributed by atoms with E-state index < -0.39 is 0 Å². The number of methoxy groups -OCH3 is 2. The summed E-state index contributed by atoms with van der Waals surface area (Å²) < 4.78 is 10.4. The van der Waals surface area contributed by atoms with Crippen LogP contribution in [0.25, 0.3) is 0 Å². The molecule has 8 heteroatoms. The van der Waals surface area contributed by atoms with Gasteiger partial charge in [0.25, 0.3) is 5.56 Å². The summed E-state index contributed by atoms with van der Waals surface area (Å²) in [5, 5.41) is 2.85. The van der Waals surface area contributed by atoms with E-state index in [1.54, 1.807) is 43.4 Å². The number of hydrogen-bond acceptors (Lipinski definition) is 5. The number of urea groups is 1. The molecule has 1 aromatic heterocycles. The fourth-order valence-electron chi connectivity index (χ4n) is 3.59. The normalized spacial score (nSPS) is 12.8. The molecule has 1 aliphatic rings. The third kappa shape index (κ3) is 4.69. The smallest absolute Gasteiger partial charge is 0.322 e. The highest BCUT2D eigenvalue weighted by molar-refractivity contribution is 5.89. The first-order valence-corrected chi connectivity index (χ1v) is 9.99. The van der Waals surface area contributed by atoms with Gasteiger partial charge in [0.1, 0.15) is 17.3 Å². The minimum absolute atomic E-state index is 0.204. The maximum absolute atomic E-state index is 12.7. The minimum Gasteiger partial charge on any atom is -0.497 e. The number of nitrogens with one attached hydrogen (secondary N) is 2. The number of carbonyl (C=O) groups is 1. The summed E-state index contributed by atoms with van der Waals surface area (Å²) in [5.74, 6) is 2.08. The summed E-state index contributed by atoms with van der Waals surface area (Å²) in [4.78, 5) is 34.5. The van der Waals surface area contributed by atoms with Gasteiger partial charge in [-0.3, -0.25) is 4.79 Å². The summed E-state index contributed by atoms with van der Waals surface area (Å²) in [6, 6.07) is 14.5. The standard InChI is InChI=1S/C23H24N4O4/c1-30-17-8-6-16(7-9-17)24-23(29)27-11-10-20-19(14-27)22(28)26-21(25-20)13-15-4-3-5-18(12-15)31-2/h3-9,12H,10-11,13-14H2,1-2H3,(H,24,29)(H,25,26,28). The summed E-state index contributed by atoms with van der Waals surface area (Å²) in [6.45, 7) is 0.711. The van der Waals surface area contributed by atoms with Crippen LogP contribution >= 0.6 is 0 Å². The molecule has 0 fully saturated rings. The van der Waals surface area contributed by atoms with Gasteiger partial charge in [0.2, 0.25) is 0 Å². The quantitative estimate of drug-likeness (QED) is 0.662. The highest BCUT2D eigenvalue weighted by Crippen LogP contribution is 2.19. The van der Waals surface area contributed by atoms with Crippen molar-refractivity contribution in [2.24, 2.45) is 0 Å². The Bertz CT molecular complexity index is 1140. The summed E-state index contributed by atoms with van der Waals surface area (Å²) >= 11 is 0. The lowest BCUT2D eigenvalue weighted by molar-refractivity contribution is 0.205. The largest absolute Gasteiger partial charge is 0.497 e. The Morgan fingerprint density at radius 3 is 2.65 bits per heavy atom. The molecule has 31 heavy (non-hydrogen) atoms. The SMILES string of the molecule is COc1ccc(NC(=O)N2CCc3nc(Cc4cccc(OC)c4)[nH]c(=O)c3C2)cc1. The molecule has 0 radical (unpaired) electrons. The lowest BCUT2D eigenvalue weighted by Gasteiger charge is -2.28. The van der Waals surface area contributed by atoms with Crippen molar-refractivity contribution in [2.45, 2.75) is 19.4 Å². The van der Waals surface area contributed by atoms with Crippen molar-refractivity contribution in [1.29, 1.82) is 0 Å². The zero-order valence-corrected chi connectivity index (χ0v) is 17.5. The van der Waals surface area contributed by atoms with Crippen LogP contribution in [0.5, 0.6) is 11.5 Å². The van der Waals surface area contributed by atoms with Crippen LogP contribution in [0, 0.1) is 0 Å². The van der Waals surface area contributed by atoms with Gasteiger partial charge in [0.15, 0.2) is 0 Å². The Morgan fingerprint density at radius 2 is 1.90 bits per heavy atom. The van der Waals surface area contributed by atoms with Crippen LogP contribution in [-0.2, 0) is 19.4 Å². The topological polar surface area (TPSA) is 96.5 Å². The molecule has 0 atom stereocenters. The number of carbonyl (C=O) groups excluding carboxylic acids is 1. The van der Waals surface area contributed by atoms with Gasteiger partial charge in [0, 0.05) is 25.1 Å². The van der Waals surface area contributed by atoms with Crippen LogP contribution in [0.1, 0.15) is 22.6 Å².